The largest absolute Gasteiger partial charge is 0.355 e. The van der Waals surface area contributed by atoms with Gasteiger partial charge in [0.25, 0.3) is 0 Å². The van der Waals surface area contributed by atoms with Crippen molar-refractivity contribution in [3.05, 3.63) is 35.4 Å². The molecule has 1 heterocycles. The molecule has 1 aromatic carbocycles. The van der Waals surface area contributed by atoms with Crippen molar-refractivity contribution < 1.29 is 13.2 Å². The number of hydrogen-bond donors (Lipinski definition) is 1. The Kier molecular flexibility index (Phi) is 4.25. The quantitative estimate of drug-likeness (QED) is 0.919. The van der Waals surface area contributed by atoms with E-state index in [1.54, 1.807) is 0 Å². The lowest BCUT2D eigenvalue weighted by Crippen LogP contribution is -2.33. The van der Waals surface area contributed by atoms with E-state index in [0.717, 1.165) is 6.42 Å². The first kappa shape index (κ1) is 16.5. The second-order valence-corrected chi connectivity index (χ2v) is 9.63. The van der Waals surface area contributed by atoms with E-state index in [1.807, 2.05) is 6.07 Å². The van der Waals surface area contributed by atoms with Gasteiger partial charge in [-0.1, -0.05) is 36.8 Å². The monoisotopic (exact) mass is 335 g/mol. The zero-order valence-corrected chi connectivity index (χ0v) is 14.7. The Bertz CT molecular complexity index is 697. The van der Waals surface area contributed by atoms with Gasteiger partial charge in [-0.25, -0.2) is 8.42 Å². The molecule has 0 bridgehead atoms. The smallest absolute Gasteiger partial charge is 0.223 e. The topological polar surface area (TPSA) is 63.2 Å². The van der Waals surface area contributed by atoms with Crippen LogP contribution in [0.25, 0.3) is 0 Å². The van der Waals surface area contributed by atoms with Crippen molar-refractivity contribution >= 4 is 15.7 Å². The van der Waals surface area contributed by atoms with Gasteiger partial charge in [0, 0.05) is 12.5 Å². The van der Waals surface area contributed by atoms with Crippen LogP contribution in [0.3, 0.4) is 0 Å². The molecule has 2 atom stereocenters. The summed E-state index contributed by atoms with van der Waals surface area (Å²) in [4.78, 5) is 12.4. The second-order valence-electron chi connectivity index (χ2n) is 7.33. The standard InChI is InChI=1S/C18H25NO3S/c1-13-4-3-5-15(10-13)14(2)12-19-17(20)16-11-18(16)6-8-23(21,22)9-7-18/h3-5,10,14,16H,6-9,11-12H2,1-2H3,(H,19,20)/t14-,16+/m0/s1. The van der Waals surface area contributed by atoms with E-state index in [4.69, 9.17) is 0 Å². The number of carbonyl (C=O) groups excluding carboxylic acids is 1. The molecule has 5 heteroatoms. The summed E-state index contributed by atoms with van der Waals surface area (Å²) in [5.74, 6) is 0.888. The highest BCUT2D eigenvalue weighted by atomic mass is 32.2. The predicted octanol–water partition coefficient (Wildman–Crippen LogP) is 2.43. The molecule has 1 N–H and O–H groups in total. The lowest BCUT2D eigenvalue weighted by molar-refractivity contribution is -0.123. The van der Waals surface area contributed by atoms with Crippen molar-refractivity contribution in [1.29, 1.82) is 0 Å². The Balaban J connectivity index is 1.51. The molecule has 1 aromatic rings. The predicted molar refractivity (Wildman–Crippen MR) is 91.0 cm³/mol. The summed E-state index contributed by atoms with van der Waals surface area (Å²) in [7, 11) is -2.86. The highest BCUT2D eigenvalue weighted by Crippen LogP contribution is 2.59. The molecule has 1 saturated heterocycles. The molecule has 2 fully saturated rings. The number of benzene rings is 1. The zero-order chi connectivity index (χ0) is 16.7. The average molecular weight is 335 g/mol. The molecule has 0 radical (unpaired) electrons. The van der Waals surface area contributed by atoms with Gasteiger partial charge in [-0.3, -0.25) is 4.79 Å². The molecular formula is C18H25NO3S. The highest BCUT2D eigenvalue weighted by Gasteiger charge is 2.59. The van der Waals surface area contributed by atoms with Crippen LogP contribution in [0.15, 0.2) is 24.3 Å². The van der Waals surface area contributed by atoms with Crippen molar-refractivity contribution in [2.75, 3.05) is 18.1 Å². The van der Waals surface area contributed by atoms with E-state index in [-0.39, 0.29) is 34.7 Å². The molecule has 23 heavy (non-hydrogen) atoms. The van der Waals surface area contributed by atoms with Gasteiger partial charge in [0.15, 0.2) is 0 Å². The second kappa shape index (κ2) is 5.93. The van der Waals surface area contributed by atoms with Crippen molar-refractivity contribution in [1.82, 2.24) is 5.32 Å². The number of sulfone groups is 1. The van der Waals surface area contributed by atoms with Crippen LogP contribution in [0.1, 0.15) is 43.2 Å². The Morgan fingerprint density at radius 3 is 2.70 bits per heavy atom. The maximum atomic E-state index is 12.4. The van der Waals surface area contributed by atoms with Gasteiger partial charge in [0.1, 0.15) is 9.84 Å². The fourth-order valence-corrected chi connectivity index (χ4v) is 5.33. The van der Waals surface area contributed by atoms with Gasteiger partial charge < -0.3 is 5.32 Å². The van der Waals surface area contributed by atoms with Gasteiger partial charge in [-0.15, -0.1) is 0 Å². The average Bonchev–Trinajstić information content (AvgIpc) is 3.23. The molecule has 2 aliphatic rings. The molecule has 1 aliphatic heterocycles. The minimum Gasteiger partial charge on any atom is -0.355 e. The van der Waals surface area contributed by atoms with Crippen molar-refractivity contribution in [3.63, 3.8) is 0 Å². The van der Waals surface area contributed by atoms with Gasteiger partial charge in [0.2, 0.25) is 5.91 Å². The van der Waals surface area contributed by atoms with Crippen molar-refractivity contribution in [2.24, 2.45) is 11.3 Å². The third-order valence-corrected chi connectivity index (χ3v) is 7.17. The molecule has 0 unspecified atom stereocenters. The van der Waals surface area contributed by atoms with E-state index in [0.29, 0.717) is 19.4 Å². The Morgan fingerprint density at radius 2 is 2.04 bits per heavy atom. The number of carbonyl (C=O) groups is 1. The Hall–Kier alpha value is -1.36. The van der Waals surface area contributed by atoms with Crippen LogP contribution in [0.2, 0.25) is 0 Å². The van der Waals surface area contributed by atoms with Crippen molar-refractivity contribution in [3.8, 4) is 0 Å². The molecule has 3 rings (SSSR count). The van der Waals surface area contributed by atoms with E-state index >= 15 is 0 Å². The summed E-state index contributed by atoms with van der Waals surface area (Å²) < 4.78 is 23.1. The molecular weight excluding hydrogens is 310 g/mol. The lowest BCUT2D eigenvalue weighted by Gasteiger charge is -2.22. The Labute approximate surface area is 138 Å². The molecule has 0 aromatic heterocycles. The summed E-state index contributed by atoms with van der Waals surface area (Å²) in [6.45, 7) is 4.82. The Morgan fingerprint density at radius 1 is 1.35 bits per heavy atom. The molecule has 1 aliphatic carbocycles. The molecule has 1 amide bonds. The van der Waals surface area contributed by atoms with Gasteiger partial charge in [0.05, 0.1) is 11.5 Å². The number of amides is 1. The summed E-state index contributed by atoms with van der Waals surface area (Å²) in [6, 6.07) is 8.36. The third kappa shape index (κ3) is 3.60. The van der Waals surface area contributed by atoms with Gasteiger partial charge in [-0.2, -0.15) is 0 Å². The fourth-order valence-electron chi connectivity index (χ4n) is 3.69. The highest BCUT2D eigenvalue weighted by molar-refractivity contribution is 7.91. The number of rotatable bonds is 4. The fraction of sp³-hybridized carbons (Fsp3) is 0.611. The van der Waals surface area contributed by atoms with E-state index in [1.165, 1.54) is 11.1 Å². The third-order valence-electron chi connectivity index (χ3n) is 5.52. The summed E-state index contributed by atoms with van der Waals surface area (Å²) in [6.07, 6.45) is 2.16. The first-order valence-electron chi connectivity index (χ1n) is 8.36. The molecule has 126 valence electrons. The number of hydrogen-bond acceptors (Lipinski definition) is 3. The minimum atomic E-state index is -2.86. The van der Waals surface area contributed by atoms with Crippen molar-refractivity contribution in [2.45, 2.75) is 39.0 Å². The zero-order valence-electron chi connectivity index (χ0n) is 13.8. The van der Waals surface area contributed by atoms with Crippen LogP contribution in [0.4, 0.5) is 0 Å². The van der Waals surface area contributed by atoms with Crippen LogP contribution in [-0.2, 0) is 14.6 Å². The number of aryl methyl sites for hydroxylation is 1. The normalized spacial score (nSPS) is 25.7. The maximum Gasteiger partial charge on any atom is 0.223 e. The summed E-state index contributed by atoms with van der Waals surface area (Å²) in [5.41, 5.74) is 2.44. The van der Waals surface area contributed by atoms with Gasteiger partial charge >= 0.3 is 0 Å². The molecule has 1 spiro atoms. The lowest BCUT2D eigenvalue weighted by atomic mass is 9.95. The van der Waals surface area contributed by atoms with Crippen LogP contribution >= 0.6 is 0 Å². The maximum absolute atomic E-state index is 12.4. The van der Waals surface area contributed by atoms with E-state index in [2.05, 4.69) is 37.4 Å². The van der Waals surface area contributed by atoms with E-state index < -0.39 is 9.84 Å². The summed E-state index contributed by atoms with van der Waals surface area (Å²) >= 11 is 0. The molecule has 1 saturated carbocycles. The first-order chi connectivity index (χ1) is 10.8. The minimum absolute atomic E-state index is 0.0164. The number of nitrogens with one attached hydrogen (secondary N) is 1. The molecule has 4 nitrogen and oxygen atoms in total. The van der Waals surface area contributed by atoms with Gasteiger partial charge in [-0.05, 0) is 43.1 Å². The van der Waals surface area contributed by atoms with Crippen LogP contribution < -0.4 is 5.32 Å². The first-order valence-corrected chi connectivity index (χ1v) is 10.2. The van der Waals surface area contributed by atoms with Crippen LogP contribution in [-0.4, -0.2) is 32.4 Å². The summed E-state index contributed by atoms with van der Waals surface area (Å²) in [5, 5.41) is 3.07. The van der Waals surface area contributed by atoms with Crippen LogP contribution in [0.5, 0.6) is 0 Å². The van der Waals surface area contributed by atoms with Crippen LogP contribution in [0, 0.1) is 18.3 Å². The SMILES string of the molecule is Cc1cccc([C@@H](C)CNC(=O)[C@H]2CC23CCS(=O)(=O)CC3)c1. The van der Waals surface area contributed by atoms with E-state index in [9.17, 15) is 13.2 Å².